The molecule has 0 saturated carbocycles. The Bertz CT molecular complexity index is 560. The van der Waals surface area contributed by atoms with E-state index in [9.17, 15) is 14.9 Å². The maximum absolute atomic E-state index is 12.7. The lowest BCUT2D eigenvalue weighted by molar-refractivity contribution is -0.384. The zero-order valence-corrected chi connectivity index (χ0v) is 11.3. The summed E-state index contributed by atoms with van der Waals surface area (Å²) in [6.45, 7) is 3.82. The van der Waals surface area contributed by atoms with E-state index in [0.29, 0.717) is 11.5 Å². The highest BCUT2D eigenvalue weighted by Gasteiger charge is 2.44. The van der Waals surface area contributed by atoms with E-state index in [1.165, 1.54) is 12.1 Å². The Morgan fingerprint density at radius 1 is 1.45 bits per heavy atom. The van der Waals surface area contributed by atoms with Crippen molar-refractivity contribution in [1.29, 1.82) is 0 Å². The van der Waals surface area contributed by atoms with E-state index in [-0.39, 0.29) is 23.7 Å². The molecule has 2 saturated heterocycles. The van der Waals surface area contributed by atoms with Crippen LogP contribution in [-0.2, 0) is 0 Å². The fraction of sp³-hybridized carbons (Fsp3) is 0.500. The molecule has 3 rings (SSSR count). The van der Waals surface area contributed by atoms with E-state index < -0.39 is 4.92 Å². The van der Waals surface area contributed by atoms with Crippen molar-refractivity contribution >= 4 is 11.6 Å². The van der Waals surface area contributed by atoms with Gasteiger partial charge in [-0.3, -0.25) is 14.9 Å². The molecule has 1 amide bonds. The molecule has 6 heteroatoms. The molecule has 2 aliphatic heterocycles. The Kier molecular flexibility index (Phi) is 3.17. The third kappa shape index (κ3) is 2.06. The van der Waals surface area contributed by atoms with Crippen molar-refractivity contribution < 1.29 is 9.72 Å². The largest absolute Gasteiger partial charge is 0.331 e. The number of benzene rings is 1. The van der Waals surface area contributed by atoms with Crippen LogP contribution in [0.25, 0.3) is 0 Å². The van der Waals surface area contributed by atoms with Gasteiger partial charge in [-0.15, -0.1) is 0 Å². The molecule has 106 valence electrons. The molecule has 2 heterocycles. The predicted octanol–water partition coefficient (Wildman–Crippen LogP) is 1.42. The fourth-order valence-electron chi connectivity index (χ4n) is 3.42. The van der Waals surface area contributed by atoms with Gasteiger partial charge in [0.05, 0.1) is 4.92 Å². The molecular formula is C14H17N3O3. The molecule has 20 heavy (non-hydrogen) atoms. The maximum Gasteiger partial charge on any atom is 0.270 e. The molecule has 0 bridgehead atoms. The summed E-state index contributed by atoms with van der Waals surface area (Å²) < 4.78 is 0. The second kappa shape index (κ2) is 4.86. The van der Waals surface area contributed by atoms with Crippen LogP contribution in [0.3, 0.4) is 0 Å². The number of nitro benzene ring substituents is 1. The number of carbonyl (C=O) groups excluding carboxylic acids is 1. The van der Waals surface area contributed by atoms with Gasteiger partial charge in [-0.25, -0.2) is 0 Å². The minimum atomic E-state index is -0.468. The third-order valence-electron chi connectivity index (χ3n) is 4.32. The molecule has 1 aromatic rings. The summed E-state index contributed by atoms with van der Waals surface area (Å²) in [6.07, 6.45) is 0.998. The van der Waals surface area contributed by atoms with Crippen LogP contribution in [-0.4, -0.2) is 40.9 Å². The molecule has 0 radical (unpaired) electrons. The number of carbonyl (C=O) groups is 1. The highest BCUT2D eigenvalue weighted by atomic mass is 16.6. The van der Waals surface area contributed by atoms with Crippen molar-refractivity contribution in [2.45, 2.75) is 25.4 Å². The number of nitrogens with zero attached hydrogens (tertiary/aromatic N) is 2. The minimum absolute atomic E-state index is 0.0382. The van der Waals surface area contributed by atoms with Gasteiger partial charge in [0.25, 0.3) is 11.6 Å². The van der Waals surface area contributed by atoms with Gasteiger partial charge in [0.2, 0.25) is 0 Å². The first-order valence-corrected chi connectivity index (χ1v) is 6.86. The summed E-state index contributed by atoms with van der Waals surface area (Å²) >= 11 is 0. The molecule has 3 atom stereocenters. The number of amides is 1. The van der Waals surface area contributed by atoms with Gasteiger partial charge >= 0.3 is 0 Å². The van der Waals surface area contributed by atoms with Crippen LogP contribution in [0.1, 0.15) is 23.7 Å². The summed E-state index contributed by atoms with van der Waals surface area (Å²) in [7, 11) is 0. The Morgan fingerprint density at radius 2 is 2.25 bits per heavy atom. The zero-order chi connectivity index (χ0) is 14.3. The monoisotopic (exact) mass is 275 g/mol. The van der Waals surface area contributed by atoms with Gasteiger partial charge in [-0.1, -0.05) is 6.07 Å². The van der Waals surface area contributed by atoms with Crippen molar-refractivity contribution in [3.8, 4) is 0 Å². The predicted molar refractivity (Wildman–Crippen MR) is 73.5 cm³/mol. The van der Waals surface area contributed by atoms with E-state index in [0.717, 1.165) is 19.5 Å². The Balaban J connectivity index is 1.88. The number of hydrogen-bond acceptors (Lipinski definition) is 4. The van der Waals surface area contributed by atoms with Gasteiger partial charge < -0.3 is 10.2 Å². The molecular weight excluding hydrogens is 258 g/mol. The molecule has 2 aliphatic rings. The summed E-state index contributed by atoms with van der Waals surface area (Å²) in [5.74, 6) is 0.407. The van der Waals surface area contributed by atoms with Gasteiger partial charge in [0.15, 0.2) is 0 Å². The first-order chi connectivity index (χ1) is 9.58. The number of nitrogens with one attached hydrogen (secondary N) is 1. The number of rotatable bonds is 2. The molecule has 1 aromatic carbocycles. The minimum Gasteiger partial charge on any atom is -0.331 e. The molecule has 0 spiro atoms. The average Bonchev–Trinajstić information content (AvgIpc) is 2.98. The van der Waals surface area contributed by atoms with E-state index in [4.69, 9.17) is 0 Å². The standard InChI is InChI=1S/C14H17N3O3/c1-9-5-11-7-15-8-13(11)16(9)14(18)10-3-2-4-12(6-10)17(19)20/h2-4,6,9,11,13,15H,5,7-8H2,1H3. The number of non-ortho nitro benzene ring substituents is 1. The highest BCUT2D eigenvalue weighted by molar-refractivity contribution is 5.95. The van der Waals surface area contributed by atoms with Crippen LogP contribution in [0.4, 0.5) is 5.69 Å². The van der Waals surface area contributed by atoms with Gasteiger partial charge in [-0.2, -0.15) is 0 Å². The smallest absolute Gasteiger partial charge is 0.270 e. The second-order valence-electron chi connectivity index (χ2n) is 5.59. The molecule has 3 unspecified atom stereocenters. The summed E-state index contributed by atoms with van der Waals surface area (Å²) in [6, 6.07) is 6.40. The first kappa shape index (κ1) is 13.1. The average molecular weight is 275 g/mol. The van der Waals surface area contributed by atoms with E-state index >= 15 is 0 Å². The lowest BCUT2D eigenvalue weighted by Crippen LogP contribution is -2.42. The Hall–Kier alpha value is -1.95. The zero-order valence-electron chi connectivity index (χ0n) is 11.3. The van der Waals surface area contributed by atoms with Gasteiger partial charge in [-0.05, 0) is 25.3 Å². The molecule has 6 nitrogen and oxygen atoms in total. The summed E-state index contributed by atoms with van der Waals surface area (Å²) in [5.41, 5.74) is 0.363. The quantitative estimate of drug-likeness (QED) is 0.654. The van der Waals surface area contributed by atoms with Crippen molar-refractivity contribution in [3.05, 3.63) is 39.9 Å². The van der Waals surface area contributed by atoms with E-state index in [2.05, 4.69) is 5.32 Å². The lowest BCUT2D eigenvalue weighted by Gasteiger charge is -2.27. The molecule has 2 fully saturated rings. The second-order valence-corrected chi connectivity index (χ2v) is 5.59. The van der Waals surface area contributed by atoms with E-state index in [1.54, 1.807) is 12.1 Å². The summed E-state index contributed by atoms with van der Waals surface area (Å²) in [5, 5.41) is 14.1. The number of fused-ring (bicyclic) bond motifs is 1. The SMILES string of the molecule is CC1CC2CNCC2N1C(=O)c1cccc([N+](=O)[O-])c1. The van der Waals surface area contributed by atoms with Crippen LogP contribution < -0.4 is 5.32 Å². The number of hydrogen-bond donors (Lipinski definition) is 1. The molecule has 0 aromatic heterocycles. The molecule has 1 N–H and O–H groups in total. The lowest BCUT2D eigenvalue weighted by atomic mass is 10.0. The van der Waals surface area contributed by atoms with Gasteiger partial charge in [0, 0.05) is 42.9 Å². The van der Waals surface area contributed by atoms with Crippen LogP contribution in [0.2, 0.25) is 0 Å². The number of likely N-dealkylation sites (tertiary alicyclic amines) is 1. The topological polar surface area (TPSA) is 75.5 Å². The van der Waals surface area contributed by atoms with Crippen LogP contribution in [0.15, 0.2) is 24.3 Å². The van der Waals surface area contributed by atoms with Gasteiger partial charge in [0.1, 0.15) is 0 Å². The summed E-state index contributed by atoms with van der Waals surface area (Å²) in [4.78, 5) is 24.9. The fourth-order valence-corrected chi connectivity index (χ4v) is 3.42. The van der Waals surface area contributed by atoms with Crippen molar-refractivity contribution in [2.24, 2.45) is 5.92 Å². The highest BCUT2D eigenvalue weighted by Crippen LogP contribution is 2.33. The maximum atomic E-state index is 12.7. The number of nitro groups is 1. The first-order valence-electron chi connectivity index (χ1n) is 6.86. The third-order valence-corrected chi connectivity index (χ3v) is 4.32. The Morgan fingerprint density at radius 3 is 3.00 bits per heavy atom. The van der Waals surface area contributed by atoms with E-state index in [1.807, 2.05) is 11.8 Å². The molecule has 0 aliphatic carbocycles. The van der Waals surface area contributed by atoms with Crippen LogP contribution >= 0.6 is 0 Å². The van der Waals surface area contributed by atoms with Crippen molar-refractivity contribution in [1.82, 2.24) is 10.2 Å². The van der Waals surface area contributed by atoms with Crippen molar-refractivity contribution in [3.63, 3.8) is 0 Å². The van der Waals surface area contributed by atoms with Crippen molar-refractivity contribution in [2.75, 3.05) is 13.1 Å². The van der Waals surface area contributed by atoms with Crippen LogP contribution in [0.5, 0.6) is 0 Å². The Labute approximate surface area is 116 Å². The normalized spacial score (nSPS) is 28.4. The van der Waals surface area contributed by atoms with Crippen LogP contribution in [0, 0.1) is 16.0 Å².